The van der Waals surface area contributed by atoms with Gasteiger partial charge in [-0.1, -0.05) is 0 Å². The summed E-state index contributed by atoms with van der Waals surface area (Å²) in [7, 11) is 3.95. The van der Waals surface area contributed by atoms with E-state index in [9.17, 15) is 4.79 Å². The van der Waals surface area contributed by atoms with E-state index in [1.54, 1.807) is 30.7 Å². The minimum absolute atomic E-state index is 0.000763. The lowest BCUT2D eigenvalue weighted by Gasteiger charge is -2.34. The standard InChI is InChI=1S/C17H21N5O2/c1-20(2)14-12-16(19-18-13-14)21-7-9-22(10-8-21)17(23)6-5-15-4-3-11-24-15/h3-6,11-13H,7-10H2,1-2H3/b6-5+. The fourth-order valence-electron chi connectivity index (χ4n) is 2.55. The van der Waals surface area contributed by atoms with Crippen molar-refractivity contribution in [1.82, 2.24) is 15.1 Å². The molecule has 1 fully saturated rings. The molecule has 1 amide bonds. The molecule has 7 nitrogen and oxygen atoms in total. The summed E-state index contributed by atoms with van der Waals surface area (Å²) in [4.78, 5) is 18.2. The van der Waals surface area contributed by atoms with Crippen LogP contribution in [-0.4, -0.2) is 61.3 Å². The summed E-state index contributed by atoms with van der Waals surface area (Å²) in [6.07, 6.45) is 6.58. The Kier molecular flexibility index (Phi) is 4.79. The van der Waals surface area contributed by atoms with Crippen LogP contribution < -0.4 is 9.80 Å². The number of rotatable bonds is 4. The van der Waals surface area contributed by atoms with Gasteiger partial charge in [-0.05, 0) is 18.2 Å². The topological polar surface area (TPSA) is 65.7 Å². The fourth-order valence-corrected chi connectivity index (χ4v) is 2.55. The number of hydrogen-bond donors (Lipinski definition) is 0. The number of amides is 1. The van der Waals surface area contributed by atoms with Crippen molar-refractivity contribution in [3.05, 3.63) is 42.5 Å². The Morgan fingerprint density at radius 3 is 2.75 bits per heavy atom. The third kappa shape index (κ3) is 3.73. The zero-order chi connectivity index (χ0) is 16.9. The Morgan fingerprint density at radius 2 is 2.08 bits per heavy atom. The van der Waals surface area contributed by atoms with Crippen LogP contribution in [0.1, 0.15) is 5.76 Å². The van der Waals surface area contributed by atoms with E-state index in [4.69, 9.17) is 4.42 Å². The van der Waals surface area contributed by atoms with Gasteiger partial charge < -0.3 is 19.1 Å². The summed E-state index contributed by atoms with van der Waals surface area (Å²) in [5.41, 5.74) is 1.01. The summed E-state index contributed by atoms with van der Waals surface area (Å²) in [5.74, 6) is 1.52. The highest BCUT2D eigenvalue weighted by Crippen LogP contribution is 2.18. The summed E-state index contributed by atoms with van der Waals surface area (Å²) in [6.45, 7) is 2.81. The van der Waals surface area contributed by atoms with Gasteiger partial charge in [0.2, 0.25) is 5.91 Å². The van der Waals surface area contributed by atoms with Gasteiger partial charge in [-0.2, -0.15) is 5.10 Å². The third-order valence-corrected chi connectivity index (χ3v) is 3.99. The van der Waals surface area contributed by atoms with Gasteiger partial charge in [0.1, 0.15) is 5.76 Å². The Bertz CT molecular complexity index is 704. The lowest BCUT2D eigenvalue weighted by Crippen LogP contribution is -2.48. The summed E-state index contributed by atoms with van der Waals surface area (Å²) < 4.78 is 5.19. The quantitative estimate of drug-likeness (QED) is 0.793. The maximum Gasteiger partial charge on any atom is 0.246 e. The Morgan fingerprint density at radius 1 is 1.29 bits per heavy atom. The van der Waals surface area contributed by atoms with E-state index in [0.717, 1.165) is 24.6 Å². The highest BCUT2D eigenvalue weighted by molar-refractivity contribution is 5.91. The van der Waals surface area contributed by atoms with Gasteiger partial charge in [-0.15, -0.1) is 5.10 Å². The van der Waals surface area contributed by atoms with Crippen molar-refractivity contribution in [3.63, 3.8) is 0 Å². The van der Waals surface area contributed by atoms with Gasteiger partial charge in [-0.25, -0.2) is 0 Å². The first-order valence-corrected chi connectivity index (χ1v) is 7.89. The van der Waals surface area contributed by atoms with Gasteiger partial charge in [0.25, 0.3) is 0 Å². The van der Waals surface area contributed by atoms with E-state index >= 15 is 0 Å². The zero-order valence-electron chi connectivity index (χ0n) is 13.9. The second-order valence-corrected chi connectivity index (χ2v) is 5.83. The minimum Gasteiger partial charge on any atom is -0.465 e. The maximum absolute atomic E-state index is 12.2. The van der Waals surface area contributed by atoms with Gasteiger partial charge in [0.15, 0.2) is 5.82 Å². The molecule has 0 saturated carbocycles. The molecule has 0 bridgehead atoms. The molecule has 0 unspecified atom stereocenters. The lowest BCUT2D eigenvalue weighted by atomic mass is 10.2. The molecule has 2 aromatic heterocycles. The summed E-state index contributed by atoms with van der Waals surface area (Å²) in [6, 6.07) is 5.63. The molecule has 3 heterocycles. The van der Waals surface area contributed by atoms with Gasteiger partial charge in [0, 0.05) is 52.4 Å². The molecular formula is C17H21N5O2. The average Bonchev–Trinajstić information content (AvgIpc) is 3.13. The normalized spacial score (nSPS) is 15.1. The number of furan rings is 1. The molecule has 126 valence electrons. The smallest absolute Gasteiger partial charge is 0.246 e. The molecule has 0 radical (unpaired) electrons. The number of carbonyl (C=O) groups is 1. The molecule has 0 aliphatic carbocycles. The van der Waals surface area contributed by atoms with Crippen molar-refractivity contribution in [2.45, 2.75) is 0 Å². The highest BCUT2D eigenvalue weighted by Gasteiger charge is 2.21. The zero-order valence-corrected chi connectivity index (χ0v) is 13.9. The highest BCUT2D eigenvalue weighted by atomic mass is 16.3. The maximum atomic E-state index is 12.2. The number of anilines is 2. The second-order valence-electron chi connectivity index (χ2n) is 5.83. The van der Waals surface area contributed by atoms with Crippen LogP contribution in [0.25, 0.3) is 6.08 Å². The molecule has 1 aliphatic rings. The third-order valence-electron chi connectivity index (χ3n) is 3.99. The van der Waals surface area contributed by atoms with Crippen LogP contribution in [-0.2, 0) is 4.79 Å². The molecule has 1 saturated heterocycles. The molecule has 24 heavy (non-hydrogen) atoms. The van der Waals surface area contributed by atoms with E-state index in [-0.39, 0.29) is 5.91 Å². The SMILES string of the molecule is CN(C)c1cnnc(N2CCN(C(=O)/C=C/c3ccco3)CC2)c1. The van der Waals surface area contributed by atoms with Gasteiger partial charge >= 0.3 is 0 Å². The lowest BCUT2D eigenvalue weighted by molar-refractivity contribution is -0.126. The largest absolute Gasteiger partial charge is 0.465 e. The number of carbonyl (C=O) groups excluding carboxylic acids is 1. The van der Waals surface area contributed by atoms with E-state index in [2.05, 4.69) is 15.1 Å². The van der Waals surface area contributed by atoms with E-state index in [1.165, 1.54) is 0 Å². The number of aromatic nitrogens is 2. The van der Waals surface area contributed by atoms with Crippen LogP contribution in [0.4, 0.5) is 11.5 Å². The molecule has 1 aliphatic heterocycles. The molecule has 7 heteroatoms. The molecule has 3 rings (SSSR count). The van der Waals surface area contributed by atoms with Crippen molar-refractivity contribution < 1.29 is 9.21 Å². The first kappa shape index (κ1) is 16.0. The van der Waals surface area contributed by atoms with Crippen LogP contribution in [0.2, 0.25) is 0 Å². The second kappa shape index (κ2) is 7.16. The molecule has 0 aromatic carbocycles. The van der Waals surface area contributed by atoms with Crippen LogP contribution in [0.3, 0.4) is 0 Å². The average molecular weight is 327 g/mol. The number of piperazine rings is 1. The molecule has 0 N–H and O–H groups in total. The van der Waals surface area contributed by atoms with Crippen LogP contribution in [0, 0.1) is 0 Å². The summed E-state index contributed by atoms with van der Waals surface area (Å²) >= 11 is 0. The monoisotopic (exact) mass is 327 g/mol. The Hall–Kier alpha value is -2.83. The van der Waals surface area contributed by atoms with Crippen LogP contribution >= 0.6 is 0 Å². The van der Waals surface area contributed by atoms with Crippen molar-refractivity contribution in [3.8, 4) is 0 Å². The Balaban J connectivity index is 1.57. The van der Waals surface area contributed by atoms with Crippen LogP contribution in [0.15, 0.2) is 41.2 Å². The predicted octanol–water partition coefficient (Wildman–Crippen LogP) is 1.50. The molecule has 0 atom stereocenters. The fraction of sp³-hybridized carbons (Fsp3) is 0.353. The van der Waals surface area contributed by atoms with E-state index in [0.29, 0.717) is 18.8 Å². The Labute approximate surface area is 141 Å². The molecule has 0 spiro atoms. The number of nitrogens with zero attached hydrogens (tertiary/aromatic N) is 5. The van der Waals surface area contributed by atoms with Crippen LogP contribution in [0.5, 0.6) is 0 Å². The van der Waals surface area contributed by atoms with Gasteiger partial charge in [0.05, 0.1) is 18.1 Å². The van der Waals surface area contributed by atoms with E-state index in [1.807, 2.05) is 36.0 Å². The number of hydrogen-bond acceptors (Lipinski definition) is 6. The molecular weight excluding hydrogens is 306 g/mol. The van der Waals surface area contributed by atoms with Crippen molar-refractivity contribution in [2.24, 2.45) is 0 Å². The van der Waals surface area contributed by atoms with Crippen molar-refractivity contribution in [2.75, 3.05) is 50.1 Å². The predicted molar refractivity (Wildman–Crippen MR) is 92.9 cm³/mol. The van der Waals surface area contributed by atoms with Crippen molar-refractivity contribution in [1.29, 1.82) is 0 Å². The van der Waals surface area contributed by atoms with E-state index < -0.39 is 0 Å². The first-order chi connectivity index (χ1) is 11.6. The molecule has 2 aromatic rings. The summed E-state index contributed by atoms with van der Waals surface area (Å²) in [5, 5.41) is 8.26. The van der Waals surface area contributed by atoms with Gasteiger partial charge in [-0.3, -0.25) is 4.79 Å². The minimum atomic E-state index is -0.000763. The van der Waals surface area contributed by atoms with Crippen molar-refractivity contribution >= 4 is 23.5 Å². The first-order valence-electron chi connectivity index (χ1n) is 7.89.